The fraction of sp³-hybridized carbons (Fsp3) is 0.438. The number of carbonyl (C=O) groups is 1. The number of carbonyl (C=O) groups excluding carboxylic acids is 1. The van der Waals surface area contributed by atoms with Crippen molar-refractivity contribution in [1.82, 2.24) is 4.90 Å². The van der Waals surface area contributed by atoms with Gasteiger partial charge in [-0.2, -0.15) is 0 Å². The van der Waals surface area contributed by atoms with Crippen LogP contribution in [0, 0.1) is 5.92 Å². The zero-order chi connectivity index (χ0) is 13.8. The van der Waals surface area contributed by atoms with Gasteiger partial charge in [-0.3, -0.25) is 4.79 Å². The first-order valence-electron chi connectivity index (χ1n) is 6.71. The van der Waals surface area contributed by atoms with Crippen LogP contribution in [-0.2, 0) is 4.79 Å². The van der Waals surface area contributed by atoms with E-state index in [4.69, 9.17) is 11.6 Å². The van der Waals surface area contributed by atoms with Crippen LogP contribution in [0.3, 0.4) is 0 Å². The lowest BCUT2D eigenvalue weighted by Crippen LogP contribution is -2.31. The molecule has 1 aliphatic carbocycles. The van der Waals surface area contributed by atoms with Gasteiger partial charge in [-0.1, -0.05) is 23.7 Å². The van der Waals surface area contributed by atoms with Crippen LogP contribution in [0.4, 0.5) is 0 Å². The summed E-state index contributed by atoms with van der Waals surface area (Å²) in [6.45, 7) is 0.844. The van der Waals surface area contributed by atoms with Crippen molar-refractivity contribution in [3.8, 4) is 0 Å². The molecule has 102 valence electrons. The summed E-state index contributed by atoms with van der Waals surface area (Å²) in [5, 5.41) is 0.725. The summed E-state index contributed by atoms with van der Waals surface area (Å²) < 4.78 is 0. The predicted octanol–water partition coefficient (Wildman–Crippen LogP) is 3.65. The number of allylic oxidation sites excluding steroid dienone is 1. The third-order valence-electron chi connectivity index (χ3n) is 3.48. The molecule has 0 bridgehead atoms. The Labute approximate surface area is 120 Å². The Morgan fingerprint density at radius 1 is 1.32 bits per heavy atom. The fourth-order valence-electron chi connectivity index (χ4n) is 2.57. The molecule has 2 rings (SSSR count). The highest BCUT2D eigenvalue weighted by molar-refractivity contribution is 6.30. The Morgan fingerprint density at radius 3 is 2.63 bits per heavy atom. The standard InChI is InChI=1S/C16H20ClNO/c1-18(2)11-14-5-3-4-13(16(14)19)10-12-6-8-15(17)9-7-12/h6-10,14H,3-5,11H2,1-2H3/b13-10+/t14-/m1/s1. The lowest BCUT2D eigenvalue weighted by Gasteiger charge is -2.25. The van der Waals surface area contributed by atoms with E-state index in [2.05, 4.69) is 4.90 Å². The normalized spacial score (nSPS) is 22.2. The first-order valence-corrected chi connectivity index (χ1v) is 7.09. The number of Topliss-reactive ketones (excluding diaryl/α,β-unsaturated/α-hetero) is 1. The zero-order valence-corrected chi connectivity index (χ0v) is 12.3. The van der Waals surface area contributed by atoms with Gasteiger partial charge in [-0.15, -0.1) is 0 Å². The summed E-state index contributed by atoms with van der Waals surface area (Å²) in [7, 11) is 4.04. The number of rotatable bonds is 3. The van der Waals surface area contributed by atoms with Crippen molar-refractivity contribution >= 4 is 23.5 Å². The minimum absolute atomic E-state index is 0.155. The highest BCUT2D eigenvalue weighted by Gasteiger charge is 2.26. The summed E-state index contributed by atoms with van der Waals surface area (Å²) in [4.78, 5) is 14.5. The van der Waals surface area contributed by atoms with Crippen molar-refractivity contribution in [2.24, 2.45) is 5.92 Å². The Hall–Kier alpha value is -1.12. The molecule has 0 N–H and O–H groups in total. The molecule has 0 amide bonds. The predicted molar refractivity (Wildman–Crippen MR) is 80.3 cm³/mol. The lowest BCUT2D eigenvalue weighted by atomic mass is 9.83. The van der Waals surface area contributed by atoms with Gasteiger partial charge in [-0.25, -0.2) is 0 Å². The second kappa shape index (κ2) is 6.36. The van der Waals surface area contributed by atoms with E-state index < -0.39 is 0 Å². The molecule has 0 aromatic heterocycles. The summed E-state index contributed by atoms with van der Waals surface area (Å²) >= 11 is 5.87. The van der Waals surface area contributed by atoms with Crippen LogP contribution in [0.1, 0.15) is 24.8 Å². The molecule has 0 aliphatic heterocycles. The van der Waals surface area contributed by atoms with E-state index in [1.54, 1.807) is 0 Å². The van der Waals surface area contributed by atoms with Crippen molar-refractivity contribution in [1.29, 1.82) is 0 Å². The van der Waals surface area contributed by atoms with E-state index in [0.29, 0.717) is 5.78 Å². The first-order chi connectivity index (χ1) is 9.06. The SMILES string of the molecule is CN(C)C[C@H]1CCC/C(=C\c2ccc(Cl)cc2)C1=O. The molecule has 0 heterocycles. The molecule has 0 spiro atoms. The molecule has 3 heteroatoms. The number of hydrogen-bond donors (Lipinski definition) is 0. The van der Waals surface area contributed by atoms with Gasteiger partial charge in [0.25, 0.3) is 0 Å². The van der Waals surface area contributed by atoms with E-state index in [1.165, 1.54) is 0 Å². The van der Waals surface area contributed by atoms with Crippen molar-refractivity contribution in [2.75, 3.05) is 20.6 Å². The van der Waals surface area contributed by atoms with E-state index in [-0.39, 0.29) is 5.92 Å². The van der Waals surface area contributed by atoms with E-state index in [0.717, 1.165) is 42.0 Å². The summed E-state index contributed by atoms with van der Waals surface area (Å²) in [5.41, 5.74) is 2.01. The second-order valence-electron chi connectivity index (χ2n) is 5.44. The molecular formula is C16H20ClNO. The van der Waals surface area contributed by atoms with Crippen molar-refractivity contribution in [3.63, 3.8) is 0 Å². The summed E-state index contributed by atoms with van der Waals surface area (Å²) in [6.07, 6.45) is 5.02. The number of hydrogen-bond acceptors (Lipinski definition) is 2. The largest absolute Gasteiger partial charge is 0.309 e. The van der Waals surface area contributed by atoms with Gasteiger partial charge in [0.2, 0.25) is 0 Å². The topological polar surface area (TPSA) is 20.3 Å². The lowest BCUT2D eigenvalue weighted by molar-refractivity contribution is -0.120. The molecule has 0 unspecified atom stereocenters. The van der Waals surface area contributed by atoms with Crippen LogP contribution in [-0.4, -0.2) is 31.3 Å². The molecule has 1 saturated carbocycles. The first kappa shape index (κ1) is 14.3. The third-order valence-corrected chi connectivity index (χ3v) is 3.73. The van der Waals surface area contributed by atoms with Crippen LogP contribution in [0.2, 0.25) is 5.02 Å². The molecule has 2 nitrogen and oxygen atoms in total. The second-order valence-corrected chi connectivity index (χ2v) is 5.87. The Balaban J connectivity index is 2.14. The quantitative estimate of drug-likeness (QED) is 0.786. The van der Waals surface area contributed by atoms with Crippen LogP contribution in [0.25, 0.3) is 6.08 Å². The number of ketones is 1. The molecule has 1 aromatic carbocycles. The van der Waals surface area contributed by atoms with E-state index >= 15 is 0 Å². The molecule has 0 saturated heterocycles. The average molecular weight is 278 g/mol. The maximum atomic E-state index is 12.4. The smallest absolute Gasteiger partial charge is 0.163 e. The number of halogens is 1. The molecule has 0 radical (unpaired) electrons. The van der Waals surface area contributed by atoms with Crippen LogP contribution < -0.4 is 0 Å². The molecule has 1 aromatic rings. The monoisotopic (exact) mass is 277 g/mol. The fourth-order valence-corrected chi connectivity index (χ4v) is 2.70. The average Bonchev–Trinajstić information content (AvgIpc) is 2.36. The van der Waals surface area contributed by atoms with Gasteiger partial charge < -0.3 is 4.90 Å². The van der Waals surface area contributed by atoms with E-state index in [9.17, 15) is 4.79 Å². The Morgan fingerprint density at radius 2 is 2.00 bits per heavy atom. The zero-order valence-electron chi connectivity index (χ0n) is 11.5. The minimum Gasteiger partial charge on any atom is -0.309 e. The Kier molecular flexibility index (Phi) is 4.78. The van der Waals surface area contributed by atoms with E-state index in [1.807, 2.05) is 44.4 Å². The highest BCUT2D eigenvalue weighted by atomic mass is 35.5. The molecule has 1 fully saturated rings. The Bertz CT molecular complexity index is 476. The van der Waals surface area contributed by atoms with Gasteiger partial charge in [0.1, 0.15) is 0 Å². The summed E-state index contributed by atoms with van der Waals surface area (Å²) in [6, 6.07) is 7.63. The van der Waals surface area contributed by atoms with Crippen molar-refractivity contribution in [2.45, 2.75) is 19.3 Å². The van der Waals surface area contributed by atoms with Gasteiger partial charge in [-0.05, 0) is 62.7 Å². The van der Waals surface area contributed by atoms with Gasteiger partial charge in [0, 0.05) is 17.5 Å². The highest BCUT2D eigenvalue weighted by Crippen LogP contribution is 2.27. The minimum atomic E-state index is 0.155. The molecular weight excluding hydrogens is 258 g/mol. The van der Waals surface area contributed by atoms with Crippen LogP contribution >= 0.6 is 11.6 Å². The van der Waals surface area contributed by atoms with Gasteiger partial charge >= 0.3 is 0 Å². The third kappa shape index (κ3) is 3.92. The van der Waals surface area contributed by atoms with Crippen LogP contribution in [0.5, 0.6) is 0 Å². The number of nitrogens with zero attached hydrogens (tertiary/aromatic N) is 1. The van der Waals surface area contributed by atoms with Crippen LogP contribution in [0.15, 0.2) is 29.8 Å². The van der Waals surface area contributed by atoms with Crippen molar-refractivity contribution in [3.05, 3.63) is 40.4 Å². The number of benzene rings is 1. The molecule has 1 aliphatic rings. The maximum absolute atomic E-state index is 12.4. The van der Waals surface area contributed by atoms with Gasteiger partial charge in [0.15, 0.2) is 5.78 Å². The molecule has 19 heavy (non-hydrogen) atoms. The molecule has 1 atom stereocenters. The van der Waals surface area contributed by atoms with Gasteiger partial charge in [0.05, 0.1) is 0 Å². The van der Waals surface area contributed by atoms with Crippen molar-refractivity contribution < 1.29 is 4.79 Å². The maximum Gasteiger partial charge on any atom is 0.163 e. The summed E-state index contributed by atoms with van der Waals surface area (Å²) in [5.74, 6) is 0.470.